The third kappa shape index (κ3) is 2.80. The number of aromatic nitrogens is 1. The maximum atomic E-state index is 9.02. The van der Waals surface area contributed by atoms with Gasteiger partial charge in [0.15, 0.2) is 0 Å². The molecule has 3 rings (SSSR count). The molecule has 0 unspecified atom stereocenters. The summed E-state index contributed by atoms with van der Waals surface area (Å²) in [4.78, 5) is 9.14. The van der Waals surface area contributed by atoms with Crippen molar-refractivity contribution in [3.8, 4) is 5.75 Å². The van der Waals surface area contributed by atoms with Crippen LogP contribution in [0.15, 0.2) is 30.5 Å². The average Bonchev–Trinajstić information content (AvgIpc) is 2.55. The minimum Gasteiger partial charge on any atom is -0.494 e. The Bertz CT molecular complexity index is 609. The average molecular weight is 287 g/mol. The van der Waals surface area contributed by atoms with Gasteiger partial charge in [-0.2, -0.15) is 0 Å². The van der Waals surface area contributed by atoms with E-state index in [9.17, 15) is 0 Å². The van der Waals surface area contributed by atoms with Gasteiger partial charge in [-0.15, -0.1) is 0 Å². The number of aliphatic hydroxyl groups excluding tert-OH is 1. The first-order valence-electron chi connectivity index (χ1n) is 7.33. The predicted molar refractivity (Wildman–Crippen MR) is 84.0 cm³/mol. The first-order valence-corrected chi connectivity index (χ1v) is 7.33. The van der Waals surface area contributed by atoms with Crippen LogP contribution in [0.25, 0.3) is 10.9 Å². The maximum Gasteiger partial charge on any atom is 0.145 e. The van der Waals surface area contributed by atoms with Crippen molar-refractivity contribution in [3.05, 3.63) is 30.5 Å². The Hall–Kier alpha value is -1.85. The molecule has 0 spiro atoms. The van der Waals surface area contributed by atoms with Crippen molar-refractivity contribution in [2.75, 3.05) is 51.3 Å². The summed E-state index contributed by atoms with van der Waals surface area (Å²) >= 11 is 0. The summed E-state index contributed by atoms with van der Waals surface area (Å²) in [5, 5.41) is 10.2. The van der Waals surface area contributed by atoms with E-state index in [0.717, 1.165) is 49.4 Å². The van der Waals surface area contributed by atoms with Crippen LogP contribution in [-0.2, 0) is 0 Å². The van der Waals surface area contributed by atoms with Gasteiger partial charge in [-0.3, -0.25) is 9.88 Å². The van der Waals surface area contributed by atoms with Crippen LogP contribution in [0.2, 0.25) is 0 Å². The van der Waals surface area contributed by atoms with E-state index in [1.807, 2.05) is 18.3 Å². The molecule has 1 aliphatic rings. The summed E-state index contributed by atoms with van der Waals surface area (Å²) in [6.07, 6.45) is 1.85. The number of anilines is 1. The zero-order valence-electron chi connectivity index (χ0n) is 12.3. The molecule has 1 aromatic heterocycles. The fourth-order valence-electron chi connectivity index (χ4n) is 2.93. The number of benzene rings is 1. The maximum absolute atomic E-state index is 9.02. The molecule has 112 valence electrons. The Balaban J connectivity index is 1.88. The van der Waals surface area contributed by atoms with Crippen LogP contribution >= 0.6 is 0 Å². The Kier molecular flexibility index (Phi) is 4.22. The molecule has 1 aromatic carbocycles. The number of piperazine rings is 1. The second kappa shape index (κ2) is 6.28. The molecule has 0 aliphatic carbocycles. The van der Waals surface area contributed by atoms with Gasteiger partial charge in [-0.1, -0.05) is 12.1 Å². The molecule has 0 atom stereocenters. The fourth-order valence-corrected chi connectivity index (χ4v) is 2.93. The van der Waals surface area contributed by atoms with Gasteiger partial charge in [0.05, 0.1) is 13.7 Å². The second-order valence-corrected chi connectivity index (χ2v) is 5.24. The minimum atomic E-state index is 0.232. The van der Waals surface area contributed by atoms with Gasteiger partial charge in [0.25, 0.3) is 0 Å². The Labute approximate surface area is 124 Å². The van der Waals surface area contributed by atoms with Gasteiger partial charge in [-0.25, -0.2) is 0 Å². The largest absolute Gasteiger partial charge is 0.494 e. The van der Waals surface area contributed by atoms with Crippen LogP contribution < -0.4 is 9.64 Å². The van der Waals surface area contributed by atoms with Crippen LogP contribution in [0.3, 0.4) is 0 Å². The molecule has 0 amide bonds. The lowest BCUT2D eigenvalue weighted by Gasteiger charge is -2.36. The number of pyridine rings is 1. The van der Waals surface area contributed by atoms with Gasteiger partial charge in [0, 0.05) is 50.0 Å². The molecule has 1 N–H and O–H groups in total. The zero-order chi connectivity index (χ0) is 14.7. The number of fused-ring (bicyclic) bond motifs is 1. The number of ether oxygens (including phenoxy) is 1. The third-order valence-electron chi connectivity index (χ3n) is 4.06. The van der Waals surface area contributed by atoms with E-state index in [2.05, 4.69) is 26.9 Å². The smallest absolute Gasteiger partial charge is 0.145 e. The van der Waals surface area contributed by atoms with Crippen LogP contribution in [0.1, 0.15) is 0 Å². The Morgan fingerprint density at radius 1 is 1.19 bits per heavy atom. The van der Waals surface area contributed by atoms with Crippen LogP contribution in [-0.4, -0.2) is 61.4 Å². The van der Waals surface area contributed by atoms with Crippen molar-refractivity contribution in [3.63, 3.8) is 0 Å². The molecule has 2 heterocycles. The summed E-state index contributed by atoms with van der Waals surface area (Å²) in [5.74, 6) is 0.813. The first kappa shape index (κ1) is 14.1. The molecule has 1 saturated heterocycles. The lowest BCUT2D eigenvalue weighted by Crippen LogP contribution is -2.47. The van der Waals surface area contributed by atoms with Crippen molar-refractivity contribution in [1.82, 2.24) is 9.88 Å². The predicted octanol–water partition coefficient (Wildman–Crippen LogP) is 1.36. The molecule has 0 bridgehead atoms. The van der Waals surface area contributed by atoms with Crippen molar-refractivity contribution >= 4 is 16.6 Å². The number of hydrogen-bond donors (Lipinski definition) is 1. The molecule has 0 radical (unpaired) electrons. The van der Waals surface area contributed by atoms with Gasteiger partial charge in [0.2, 0.25) is 0 Å². The number of rotatable bonds is 4. The topological polar surface area (TPSA) is 48.8 Å². The number of aliphatic hydroxyl groups is 1. The molecule has 1 fully saturated rings. The van der Waals surface area contributed by atoms with Gasteiger partial charge >= 0.3 is 0 Å². The van der Waals surface area contributed by atoms with Gasteiger partial charge in [0.1, 0.15) is 11.3 Å². The van der Waals surface area contributed by atoms with Gasteiger partial charge < -0.3 is 14.7 Å². The molecule has 5 heteroatoms. The number of methoxy groups -OCH3 is 1. The molecule has 5 nitrogen and oxygen atoms in total. The van der Waals surface area contributed by atoms with Crippen molar-refractivity contribution < 1.29 is 9.84 Å². The highest BCUT2D eigenvalue weighted by Gasteiger charge is 2.19. The van der Waals surface area contributed by atoms with Crippen molar-refractivity contribution in [2.24, 2.45) is 0 Å². The first-order chi connectivity index (χ1) is 10.3. The quantitative estimate of drug-likeness (QED) is 0.920. The highest BCUT2D eigenvalue weighted by atomic mass is 16.5. The highest BCUT2D eigenvalue weighted by molar-refractivity contribution is 5.95. The van der Waals surface area contributed by atoms with E-state index in [0.29, 0.717) is 0 Å². The van der Waals surface area contributed by atoms with E-state index in [-0.39, 0.29) is 6.61 Å². The summed E-state index contributed by atoms with van der Waals surface area (Å²) < 4.78 is 5.40. The number of para-hydroxylation sites is 1. The van der Waals surface area contributed by atoms with Crippen molar-refractivity contribution in [1.29, 1.82) is 0 Å². The monoisotopic (exact) mass is 287 g/mol. The zero-order valence-corrected chi connectivity index (χ0v) is 12.3. The third-order valence-corrected chi connectivity index (χ3v) is 4.06. The Morgan fingerprint density at radius 2 is 2.00 bits per heavy atom. The van der Waals surface area contributed by atoms with E-state index in [4.69, 9.17) is 9.84 Å². The molecule has 0 saturated carbocycles. The second-order valence-electron chi connectivity index (χ2n) is 5.24. The highest BCUT2D eigenvalue weighted by Crippen LogP contribution is 2.31. The molecule has 1 aliphatic heterocycles. The lowest BCUT2D eigenvalue weighted by atomic mass is 10.1. The lowest BCUT2D eigenvalue weighted by molar-refractivity contribution is 0.189. The van der Waals surface area contributed by atoms with E-state index >= 15 is 0 Å². The van der Waals surface area contributed by atoms with Crippen LogP contribution in [0, 0.1) is 0 Å². The number of β-amino-alcohol motifs (C(OH)–C–C–N with tert-alkyl or cyclic N) is 1. The summed E-state index contributed by atoms with van der Waals surface area (Å²) in [6, 6.07) is 8.12. The molecule has 2 aromatic rings. The summed E-state index contributed by atoms with van der Waals surface area (Å²) in [5.41, 5.74) is 2.12. The van der Waals surface area contributed by atoms with Crippen molar-refractivity contribution in [2.45, 2.75) is 0 Å². The number of hydrogen-bond acceptors (Lipinski definition) is 5. The molecular weight excluding hydrogens is 266 g/mol. The fraction of sp³-hybridized carbons (Fsp3) is 0.438. The minimum absolute atomic E-state index is 0.232. The van der Waals surface area contributed by atoms with E-state index in [1.54, 1.807) is 7.11 Å². The van der Waals surface area contributed by atoms with E-state index < -0.39 is 0 Å². The Morgan fingerprint density at radius 3 is 2.71 bits per heavy atom. The van der Waals surface area contributed by atoms with Crippen LogP contribution in [0.5, 0.6) is 5.75 Å². The van der Waals surface area contributed by atoms with E-state index in [1.165, 1.54) is 5.69 Å². The number of nitrogens with zero attached hydrogens (tertiary/aromatic N) is 3. The standard InChI is InChI=1S/C16H21N3O2/c1-21-15-4-2-3-13-14(5-6-17-16(13)15)19-9-7-18(8-10-19)11-12-20/h2-6,20H,7-12H2,1H3. The molecular formula is C16H21N3O2. The van der Waals surface area contributed by atoms with Crippen LogP contribution in [0.4, 0.5) is 5.69 Å². The van der Waals surface area contributed by atoms with Gasteiger partial charge in [-0.05, 0) is 12.1 Å². The molecule has 21 heavy (non-hydrogen) atoms. The normalized spacial score (nSPS) is 16.4. The summed E-state index contributed by atoms with van der Waals surface area (Å²) in [7, 11) is 1.68. The SMILES string of the molecule is COc1cccc2c(N3CCN(CCO)CC3)ccnc12. The summed E-state index contributed by atoms with van der Waals surface area (Å²) in [6.45, 7) is 4.89.